The molecule has 14 nitrogen and oxygen atoms in total. The molecule has 3 aliphatic heterocycles. The van der Waals surface area contributed by atoms with Crippen molar-refractivity contribution in [1.29, 1.82) is 0 Å². The van der Waals surface area contributed by atoms with Crippen LogP contribution in [0, 0.1) is 13.8 Å². The number of halogens is 1. The Balaban J connectivity index is 0.824. The normalized spacial score (nSPS) is 18.6. The molecule has 290 valence electrons. The number of aliphatic hydroxyl groups is 1. The number of aryl methyl sites for hydroxylation is 2. The van der Waals surface area contributed by atoms with E-state index in [4.69, 9.17) is 16.6 Å². The van der Waals surface area contributed by atoms with Crippen molar-refractivity contribution in [2.24, 2.45) is 0 Å². The van der Waals surface area contributed by atoms with Crippen LogP contribution in [0.5, 0.6) is 0 Å². The Hall–Kier alpha value is -4.83. The number of carbonyl (C=O) groups is 3. The highest BCUT2D eigenvalue weighted by Gasteiger charge is 2.28. The molecule has 0 saturated carbocycles. The third-order valence-electron chi connectivity index (χ3n) is 10.4. The van der Waals surface area contributed by atoms with Gasteiger partial charge in [0.25, 0.3) is 0 Å². The molecule has 7 rings (SSSR count). The molecular weight excluding hydrogens is 740 g/mol. The quantitative estimate of drug-likeness (QED) is 0.115. The first-order valence-electron chi connectivity index (χ1n) is 18.8. The van der Waals surface area contributed by atoms with Crippen LogP contribution in [0.1, 0.15) is 59.7 Å². The SMILES string of the molecule is Cc1nc(Nc2ncc(C(O)Nc3c(C)cccc3Cl)s2)cc(N2CCN(CCCC(=O)N3CCN(c4ccc(C5CCC(=O)NC5=O)cc4)CC3)CC2)n1. The third-order valence-corrected chi connectivity index (χ3v) is 11.7. The van der Waals surface area contributed by atoms with E-state index >= 15 is 0 Å². The lowest BCUT2D eigenvalue weighted by Gasteiger charge is -2.37. The second kappa shape index (κ2) is 17.3. The fraction of sp³-hybridized carbons (Fsp3) is 0.436. The van der Waals surface area contributed by atoms with Crippen LogP contribution in [-0.2, 0) is 14.4 Å². The lowest BCUT2D eigenvalue weighted by molar-refractivity contribution is -0.134. The predicted molar refractivity (Wildman–Crippen MR) is 215 cm³/mol. The Morgan fingerprint density at radius 2 is 1.75 bits per heavy atom. The number of nitrogens with zero attached hydrogens (tertiary/aromatic N) is 7. The molecule has 3 saturated heterocycles. The number of piperidine rings is 1. The number of aliphatic hydroxyl groups excluding tert-OH is 1. The summed E-state index contributed by atoms with van der Waals surface area (Å²) < 4.78 is 0. The Morgan fingerprint density at radius 1 is 1.00 bits per heavy atom. The zero-order valence-corrected chi connectivity index (χ0v) is 32.7. The van der Waals surface area contributed by atoms with Crippen LogP contribution >= 0.6 is 22.9 Å². The first-order valence-corrected chi connectivity index (χ1v) is 20.0. The number of hydrogen-bond acceptors (Lipinski definition) is 13. The zero-order valence-electron chi connectivity index (χ0n) is 31.1. The molecular formula is C39H47ClN10O4S. The van der Waals surface area contributed by atoms with E-state index < -0.39 is 6.23 Å². The summed E-state index contributed by atoms with van der Waals surface area (Å²) in [5, 5.41) is 20.8. The second-order valence-electron chi connectivity index (χ2n) is 14.2. The molecule has 2 aromatic heterocycles. The molecule has 3 amide bonds. The summed E-state index contributed by atoms with van der Waals surface area (Å²) in [5.74, 6) is 1.63. The third kappa shape index (κ3) is 9.53. The van der Waals surface area contributed by atoms with Gasteiger partial charge in [-0.05, 0) is 62.6 Å². The summed E-state index contributed by atoms with van der Waals surface area (Å²) in [5.41, 5.74) is 3.63. The number of thiazole rings is 1. The average molecular weight is 787 g/mol. The number of anilines is 5. The van der Waals surface area contributed by atoms with Gasteiger partial charge in [0.05, 0.1) is 21.5 Å². The Labute approximate surface area is 329 Å². The number of carbonyl (C=O) groups excluding carboxylic acids is 3. The van der Waals surface area contributed by atoms with Gasteiger partial charge in [-0.3, -0.25) is 24.6 Å². The standard InChI is InChI=1S/C39H47ClN10O4S/c1-25-5-3-6-30(40)36(25)46-38(54)31-24-41-39(55-31)44-32-23-33(43-26(2)42-32)49-17-15-47(16-18-49)14-4-7-35(52)50-21-19-48(20-22-50)28-10-8-27(9-11-28)29-12-13-34(51)45-37(29)53/h3,5-6,8-11,23-24,29,38,46,54H,4,7,12-22H2,1-2H3,(H,45,51,53)(H,41,42,43,44). The lowest BCUT2D eigenvalue weighted by Crippen LogP contribution is -2.49. The minimum absolute atomic E-state index is 0.205. The summed E-state index contributed by atoms with van der Waals surface area (Å²) in [6.45, 7) is 11.0. The van der Waals surface area contributed by atoms with Gasteiger partial charge in [0.2, 0.25) is 17.7 Å². The Kier molecular flexibility index (Phi) is 12.1. The van der Waals surface area contributed by atoms with Gasteiger partial charge in [0, 0.05) is 83.2 Å². The van der Waals surface area contributed by atoms with Gasteiger partial charge in [-0.15, -0.1) is 0 Å². The van der Waals surface area contributed by atoms with Gasteiger partial charge in [-0.2, -0.15) is 0 Å². The fourth-order valence-corrected chi connectivity index (χ4v) is 8.37. The van der Waals surface area contributed by atoms with E-state index in [1.807, 2.05) is 61.2 Å². The van der Waals surface area contributed by atoms with E-state index in [1.165, 1.54) is 11.3 Å². The molecule has 5 heterocycles. The maximum absolute atomic E-state index is 13.1. The highest BCUT2D eigenvalue weighted by Crippen LogP contribution is 2.32. The molecule has 2 aromatic carbocycles. The van der Waals surface area contributed by atoms with E-state index in [-0.39, 0.29) is 23.6 Å². The fourth-order valence-electron chi connectivity index (χ4n) is 7.34. The van der Waals surface area contributed by atoms with Crippen molar-refractivity contribution in [2.75, 3.05) is 79.3 Å². The number of para-hydroxylation sites is 1. The summed E-state index contributed by atoms with van der Waals surface area (Å²) in [7, 11) is 0. The molecule has 0 spiro atoms. The van der Waals surface area contributed by atoms with Crippen LogP contribution < -0.4 is 25.8 Å². The summed E-state index contributed by atoms with van der Waals surface area (Å²) >= 11 is 7.66. The maximum Gasteiger partial charge on any atom is 0.234 e. The number of nitrogens with one attached hydrogen (secondary N) is 3. The molecule has 0 aliphatic carbocycles. The number of imide groups is 1. The smallest absolute Gasteiger partial charge is 0.234 e. The van der Waals surface area contributed by atoms with E-state index in [0.717, 1.165) is 74.9 Å². The van der Waals surface area contributed by atoms with E-state index in [1.54, 1.807) is 12.3 Å². The van der Waals surface area contributed by atoms with Gasteiger partial charge in [0.15, 0.2) is 11.4 Å². The second-order valence-corrected chi connectivity index (χ2v) is 15.7. The first kappa shape index (κ1) is 38.4. The van der Waals surface area contributed by atoms with Crippen molar-refractivity contribution in [3.63, 3.8) is 0 Å². The molecule has 4 aromatic rings. The molecule has 0 bridgehead atoms. The van der Waals surface area contributed by atoms with E-state index in [9.17, 15) is 19.5 Å². The molecule has 3 fully saturated rings. The van der Waals surface area contributed by atoms with Gasteiger partial charge < -0.3 is 30.4 Å². The number of piperazine rings is 2. The number of rotatable bonds is 12. The van der Waals surface area contributed by atoms with Gasteiger partial charge >= 0.3 is 0 Å². The summed E-state index contributed by atoms with van der Waals surface area (Å²) in [6.07, 6.45) is 2.93. The molecule has 4 N–H and O–H groups in total. The predicted octanol–water partition coefficient (Wildman–Crippen LogP) is 4.82. The van der Waals surface area contributed by atoms with Crippen molar-refractivity contribution in [1.82, 2.24) is 30.1 Å². The highest BCUT2D eigenvalue weighted by atomic mass is 35.5. The molecule has 0 radical (unpaired) electrons. The Morgan fingerprint density at radius 3 is 2.47 bits per heavy atom. The topological polar surface area (TPSA) is 159 Å². The van der Waals surface area contributed by atoms with Gasteiger partial charge in [-0.25, -0.2) is 15.0 Å². The lowest BCUT2D eigenvalue weighted by atomic mass is 9.90. The monoisotopic (exact) mass is 786 g/mol. The van der Waals surface area contributed by atoms with Crippen LogP contribution in [0.15, 0.2) is 54.7 Å². The van der Waals surface area contributed by atoms with Crippen LogP contribution in [0.2, 0.25) is 5.02 Å². The van der Waals surface area contributed by atoms with Crippen molar-refractivity contribution < 1.29 is 19.5 Å². The highest BCUT2D eigenvalue weighted by molar-refractivity contribution is 7.15. The minimum atomic E-state index is -0.967. The minimum Gasteiger partial charge on any atom is -0.369 e. The van der Waals surface area contributed by atoms with Crippen LogP contribution in [-0.4, -0.2) is 106 Å². The van der Waals surface area contributed by atoms with Crippen molar-refractivity contribution in [3.05, 3.63) is 81.6 Å². The van der Waals surface area contributed by atoms with Crippen molar-refractivity contribution >= 4 is 68.8 Å². The van der Waals surface area contributed by atoms with Gasteiger partial charge in [0.1, 0.15) is 17.5 Å². The molecule has 16 heteroatoms. The largest absolute Gasteiger partial charge is 0.369 e. The molecule has 2 atom stereocenters. The Bertz CT molecular complexity index is 1980. The summed E-state index contributed by atoms with van der Waals surface area (Å²) in [4.78, 5) is 60.1. The first-order chi connectivity index (χ1) is 26.6. The summed E-state index contributed by atoms with van der Waals surface area (Å²) in [6, 6.07) is 15.5. The van der Waals surface area contributed by atoms with Crippen molar-refractivity contribution in [2.45, 2.75) is 51.7 Å². The van der Waals surface area contributed by atoms with Crippen LogP contribution in [0.4, 0.5) is 28.1 Å². The molecule has 55 heavy (non-hydrogen) atoms. The van der Waals surface area contributed by atoms with E-state index in [0.29, 0.717) is 64.7 Å². The maximum atomic E-state index is 13.1. The van der Waals surface area contributed by atoms with Gasteiger partial charge in [-0.1, -0.05) is 47.2 Å². The number of hydrogen-bond donors (Lipinski definition) is 4. The zero-order chi connectivity index (χ0) is 38.5. The molecule has 3 aliphatic rings. The number of aromatic nitrogens is 3. The van der Waals surface area contributed by atoms with E-state index in [2.05, 4.69) is 40.6 Å². The molecule has 2 unspecified atom stereocenters. The van der Waals surface area contributed by atoms with Crippen molar-refractivity contribution in [3.8, 4) is 0 Å². The average Bonchev–Trinajstić information content (AvgIpc) is 3.65. The number of benzene rings is 2. The van der Waals surface area contributed by atoms with Crippen LogP contribution in [0.3, 0.4) is 0 Å². The van der Waals surface area contributed by atoms with Crippen LogP contribution in [0.25, 0.3) is 0 Å². The number of amides is 3.